The van der Waals surface area contributed by atoms with E-state index in [0.717, 1.165) is 53.3 Å². The topological polar surface area (TPSA) is 54.3 Å². The van der Waals surface area contributed by atoms with E-state index < -0.39 is 0 Å². The molecule has 0 unspecified atom stereocenters. The van der Waals surface area contributed by atoms with Crippen molar-refractivity contribution < 1.29 is 0 Å². The van der Waals surface area contributed by atoms with E-state index in [-0.39, 0.29) is 0 Å². The molecular weight excluding hydrogens is 274 g/mol. The second-order valence-electron chi connectivity index (χ2n) is 5.92. The Morgan fingerprint density at radius 1 is 1.18 bits per heavy atom. The van der Waals surface area contributed by atoms with E-state index in [1.807, 2.05) is 19.3 Å². The van der Waals surface area contributed by atoms with E-state index in [9.17, 15) is 0 Å². The molecule has 5 heteroatoms. The molecule has 1 aliphatic rings. The van der Waals surface area contributed by atoms with Gasteiger partial charge in [0.25, 0.3) is 0 Å². The highest BCUT2D eigenvalue weighted by Gasteiger charge is 2.15. The van der Waals surface area contributed by atoms with Crippen LogP contribution in [0, 0.1) is 0 Å². The molecule has 0 amide bonds. The molecule has 0 spiro atoms. The Kier molecular flexibility index (Phi) is 4.24. The van der Waals surface area contributed by atoms with E-state index in [0.29, 0.717) is 6.54 Å². The Bertz CT molecular complexity index is 706. The molecule has 0 bridgehead atoms. The van der Waals surface area contributed by atoms with Crippen molar-refractivity contribution in [3.05, 3.63) is 41.6 Å². The van der Waals surface area contributed by atoms with Crippen LogP contribution >= 0.6 is 0 Å². The van der Waals surface area contributed by atoms with Gasteiger partial charge in [0.2, 0.25) is 0 Å². The normalized spacial score (nSPS) is 13.4. The van der Waals surface area contributed by atoms with Gasteiger partial charge >= 0.3 is 0 Å². The van der Waals surface area contributed by atoms with Crippen molar-refractivity contribution in [1.82, 2.24) is 19.9 Å². The number of fused-ring (bicyclic) bond motifs is 1. The maximum absolute atomic E-state index is 4.73. The number of aliphatic imine (C=N–C) groups is 1. The summed E-state index contributed by atoms with van der Waals surface area (Å²) in [6, 6.07) is 2.13. The molecule has 0 aliphatic carbocycles. The van der Waals surface area contributed by atoms with E-state index in [1.54, 1.807) is 6.20 Å². The molecule has 0 saturated heterocycles. The first kappa shape index (κ1) is 14.8. The zero-order valence-corrected chi connectivity index (χ0v) is 13.4. The molecule has 0 N–H and O–H groups in total. The summed E-state index contributed by atoms with van der Waals surface area (Å²) < 4.78 is 0. The minimum atomic E-state index is 0.692. The zero-order valence-electron chi connectivity index (χ0n) is 13.4. The number of hydrogen-bond acceptors (Lipinski definition) is 5. The molecule has 0 radical (unpaired) electrons. The summed E-state index contributed by atoms with van der Waals surface area (Å²) in [6.07, 6.45) is 7.56. The predicted molar refractivity (Wildman–Crippen MR) is 88.1 cm³/mol. The lowest BCUT2D eigenvalue weighted by Crippen LogP contribution is -2.13. The summed E-state index contributed by atoms with van der Waals surface area (Å²) in [7, 11) is 4.17. The van der Waals surface area contributed by atoms with E-state index >= 15 is 0 Å². The van der Waals surface area contributed by atoms with Gasteiger partial charge in [-0.3, -0.25) is 15.0 Å². The molecule has 3 rings (SSSR count). The van der Waals surface area contributed by atoms with E-state index in [2.05, 4.69) is 40.0 Å². The number of nitrogens with zero attached hydrogens (tertiary/aromatic N) is 5. The van der Waals surface area contributed by atoms with Gasteiger partial charge in [-0.1, -0.05) is 0 Å². The van der Waals surface area contributed by atoms with Gasteiger partial charge in [0, 0.05) is 29.2 Å². The molecule has 2 aromatic rings. The van der Waals surface area contributed by atoms with Crippen LogP contribution in [0.15, 0.2) is 29.6 Å². The summed E-state index contributed by atoms with van der Waals surface area (Å²) in [5.41, 5.74) is 6.17. The van der Waals surface area contributed by atoms with Gasteiger partial charge in [-0.15, -0.1) is 0 Å². The fourth-order valence-electron chi connectivity index (χ4n) is 2.59. The van der Waals surface area contributed by atoms with Crippen LogP contribution in [0.5, 0.6) is 0 Å². The first-order valence-electron chi connectivity index (χ1n) is 7.60. The number of rotatable bonds is 5. The summed E-state index contributed by atoms with van der Waals surface area (Å²) in [4.78, 5) is 20.2. The standard InChI is InChI=1S/C17H21N5/c1-12-15-7-13(8-20-17(15)11-19-12)16-10-18-9-14(21-16)5-4-6-22(2)3/h7-10H,4-6,11H2,1-3H3. The summed E-state index contributed by atoms with van der Waals surface area (Å²) in [6.45, 7) is 3.78. The third kappa shape index (κ3) is 3.20. The minimum Gasteiger partial charge on any atom is -0.309 e. The van der Waals surface area contributed by atoms with E-state index in [4.69, 9.17) is 4.98 Å². The smallest absolute Gasteiger partial charge is 0.0904 e. The summed E-state index contributed by atoms with van der Waals surface area (Å²) in [5, 5.41) is 0. The van der Waals surface area contributed by atoms with Gasteiger partial charge in [-0.2, -0.15) is 0 Å². The maximum Gasteiger partial charge on any atom is 0.0904 e. The molecular formula is C17H21N5. The first-order chi connectivity index (χ1) is 10.6. The molecule has 5 nitrogen and oxygen atoms in total. The predicted octanol–water partition coefficient (Wildman–Crippen LogP) is 2.36. The van der Waals surface area contributed by atoms with E-state index in [1.165, 1.54) is 0 Å². The zero-order chi connectivity index (χ0) is 15.5. The Morgan fingerprint density at radius 3 is 2.86 bits per heavy atom. The molecule has 0 fully saturated rings. The van der Waals surface area contributed by atoms with Crippen molar-refractivity contribution >= 4 is 5.71 Å². The van der Waals surface area contributed by atoms with Crippen molar-refractivity contribution in [2.75, 3.05) is 20.6 Å². The SMILES string of the molecule is CC1=NCc2ncc(-c3cncc(CCCN(C)C)n3)cc21. The third-order valence-electron chi connectivity index (χ3n) is 3.84. The molecule has 0 aromatic carbocycles. The summed E-state index contributed by atoms with van der Waals surface area (Å²) in [5.74, 6) is 0. The molecule has 0 atom stereocenters. The second-order valence-corrected chi connectivity index (χ2v) is 5.92. The number of aryl methyl sites for hydroxylation is 1. The van der Waals surface area contributed by atoms with Gasteiger partial charge in [-0.25, -0.2) is 4.98 Å². The fraction of sp³-hybridized carbons (Fsp3) is 0.412. The quantitative estimate of drug-likeness (QED) is 0.849. The Morgan fingerprint density at radius 2 is 2.05 bits per heavy atom. The van der Waals surface area contributed by atoms with Crippen LogP contribution < -0.4 is 0 Å². The lowest BCUT2D eigenvalue weighted by Gasteiger charge is -2.09. The highest BCUT2D eigenvalue weighted by molar-refractivity contribution is 6.02. The van der Waals surface area contributed by atoms with Crippen LogP contribution in [0.3, 0.4) is 0 Å². The lowest BCUT2D eigenvalue weighted by molar-refractivity contribution is 0.399. The van der Waals surface area contributed by atoms with Gasteiger partial charge in [0.1, 0.15) is 0 Å². The molecule has 2 aromatic heterocycles. The van der Waals surface area contributed by atoms with Gasteiger partial charge in [0.05, 0.1) is 29.8 Å². The van der Waals surface area contributed by atoms with Crippen LogP contribution in [0.1, 0.15) is 30.3 Å². The van der Waals surface area contributed by atoms with Gasteiger partial charge in [-0.05, 0) is 46.5 Å². The minimum absolute atomic E-state index is 0.692. The van der Waals surface area contributed by atoms with Gasteiger partial charge < -0.3 is 4.90 Å². The highest BCUT2D eigenvalue weighted by atomic mass is 15.0. The van der Waals surface area contributed by atoms with Crippen molar-refractivity contribution in [1.29, 1.82) is 0 Å². The van der Waals surface area contributed by atoms with Crippen LogP contribution in [-0.2, 0) is 13.0 Å². The molecule has 22 heavy (non-hydrogen) atoms. The second kappa shape index (κ2) is 6.32. The molecule has 114 valence electrons. The maximum atomic E-state index is 4.73. The fourth-order valence-corrected chi connectivity index (χ4v) is 2.59. The summed E-state index contributed by atoms with van der Waals surface area (Å²) >= 11 is 0. The van der Waals surface area contributed by atoms with Gasteiger partial charge in [0.15, 0.2) is 0 Å². The lowest BCUT2D eigenvalue weighted by atomic mass is 10.1. The first-order valence-corrected chi connectivity index (χ1v) is 7.60. The van der Waals surface area contributed by atoms with Crippen molar-refractivity contribution in [2.45, 2.75) is 26.3 Å². The van der Waals surface area contributed by atoms with Crippen LogP contribution in [-0.4, -0.2) is 46.2 Å². The van der Waals surface area contributed by atoms with Crippen LogP contribution in [0.2, 0.25) is 0 Å². The van der Waals surface area contributed by atoms with Crippen LogP contribution in [0.25, 0.3) is 11.3 Å². The average molecular weight is 295 g/mol. The molecule has 0 saturated carbocycles. The third-order valence-corrected chi connectivity index (χ3v) is 3.84. The number of hydrogen-bond donors (Lipinski definition) is 0. The monoisotopic (exact) mass is 295 g/mol. The Balaban J connectivity index is 1.80. The van der Waals surface area contributed by atoms with Crippen molar-refractivity contribution in [2.24, 2.45) is 4.99 Å². The van der Waals surface area contributed by atoms with Crippen molar-refractivity contribution in [3.8, 4) is 11.3 Å². The Hall–Kier alpha value is -2.14. The highest BCUT2D eigenvalue weighted by Crippen LogP contribution is 2.23. The number of pyridine rings is 1. The largest absolute Gasteiger partial charge is 0.309 e. The molecule has 3 heterocycles. The average Bonchev–Trinajstić information content (AvgIpc) is 2.88. The van der Waals surface area contributed by atoms with Crippen LogP contribution in [0.4, 0.5) is 0 Å². The van der Waals surface area contributed by atoms with Crippen molar-refractivity contribution in [3.63, 3.8) is 0 Å². The number of aromatic nitrogens is 3. The Labute approximate surface area is 131 Å². The molecule has 1 aliphatic heterocycles.